The van der Waals surface area contributed by atoms with Gasteiger partial charge in [-0.05, 0) is 44.1 Å². The molecule has 0 saturated heterocycles. The van der Waals surface area contributed by atoms with Gasteiger partial charge in [0, 0.05) is 15.7 Å². The van der Waals surface area contributed by atoms with Gasteiger partial charge < -0.3 is 5.32 Å². The first-order chi connectivity index (χ1) is 9.05. The van der Waals surface area contributed by atoms with E-state index in [-0.39, 0.29) is 5.91 Å². The van der Waals surface area contributed by atoms with Crippen LogP contribution in [0.2, 0.25) is 10.0 Å². The quantitative estimate of drug-likeness (QED) is 0.824. The number of carbonyl (C=O) groups excluding carboxylic acids is 1. The largest absolute Gasteiger partial charge is 0.325 e. The molecule has 0 unspecified atom stereocenters. The van der Waals surface area contributed by atoms with Gasteiger partial charge in [0.2, 0.25) is 5.91 Å². The van der Waals surface area contributed by atoms with E-state index in [1.807, 2.05) is 0 Å². The number of nitrogens with one attached hydrogen (secondary N) is 1. The molecule has 5 heteroatoms. The molecule has 1 N–H and O–H groups in total. The fourth-order valence-corrected chi connectivity index (χ4v) is 2.46. The summed E-state index contributed by atoms with van der Waals surface area (Å²) in [7, 11) is 0. The third-order valence-electron chi connectivity index (χ3n) is 2.59. The van der Waals surface area contributed by atoms with Crippen LogP contribution in [-0.4, -0.2) is 30.4 Å². The standard InChI is InChI=1S/C14H20Cl2N2O/c1-3-5-18(6-4-2)10-14(19)17-13-8-11(15)7-12(16)9-13/h7-9H,3-6,10H2,1-2H3,(H,17,19). The third kappa shape index (κ3) is 6.28. The maximum atomic E-state index is 12.0. The molecule has 0 saturated carbocycles. The number of amides is 1. The first-order valence-corrected chi connectivity index (χ1v) is 7.29. The molecule has 106 valence electrons. The van der Waals surface area contributed by atoms with Crippen molar-refractivity contribution in [2.75, 3.05) is 25.0 Å². The van der Waals surface area contributed by atoms with Crippen LogP contribution in [0.15, 0.2) is 18.2 Å². The molecule has 1 aromatic carbocycles. The first-order valence-electron chi connectivity index (χ1n) is 6.53. The van der Waals surface area contributed by atoms with Gasteiger partial charge in [-0.3, -0.25) is 9.69 Å². The summed E-state index contributed by atoms with van der Waals surface area (Å²) in [5.74, 6) is -0.0415. The Balaban J connectivity index is 2.58. The second-order valence-electron chi connectivity index (χ2n) is 4.48. The lowest BCUT2D eigenvalue weighted by Gasteiger charge is -2.20. The Morgan fingerprint density at radius 3 is 2.11 bits per heavy atom. The number of carbonyl (C=O) groups is 1. The molecule has 0 heterocycles. The van der Waals surface area contributed by atoms with Crippen molar-refractivity contribution in [1.29, 1.82) is 0 Å². The predicted octanol–water partition coefficient (Wildman–Crippen LogP) is 4.05. The van der Waals surface area contributed by atoms with Gasteiger partial charge in [-0.15, -0.1) is 0 Å². The number of benzene rings is 1. The fourth-order valence-electron chi connectivity index (χ4n) is 1.93. The van der Waals surface area contributed by atoms with Crippen LogP contribution in [0.25, 0.3) is 0 Å². The van der Waals surface area contributed by atoms with E-state index in [0.29, 0.717) is 22.3 Å². The average Bonchev–Trinajstić information content (AvgIpc) is 2.27. The minimum atomic E-state index is -0.0415. The van der Waals surface area contributed by atoms with Crippen LogP contribution in [0, 0.1) is 0 Å². The summed E-state index contributed by atoms with van der Waals surface area (Å²) in [5.41, 5.74) is 0.635. The number of anilines is 1. The molecule has 0 bridgehead atoms. The van der Waals surface area contributed by atoms with E-state index in [1.54, 1.807) is 18.2 Å². The Labute approximate surface area is 124 Å². The van der Waals surface area contributed by atoms with Crippen molar-refractivity contribution in [1.82, 2.24) is 4.90 Å². The van der Waals surface area contributed by atoms with Crippen LogP contribution < -0.4 is 5.32 Å². The van der Waals surface area contributed by atoms with Gasteiger partial charge in [-0.25, -0.2) is 0 Å². The molecule has 0 atom stereocenters. The second kappa shape index (κ2) is 8.41. The summed E-state index contributed by atoms with van der Waals surface area (Å²) in [6.07, 6.45) is 2.08. The van der Waals surface area contributed by atoms with Gasteiger partial charge in [0.25, 0.3) is 0 Å². The van der Waals surface area contributed by atoms with Gasteiger partial charge in [-0.2, -0.15) is 0 Å². The summed E-state index contributed by atoms with van der Waals surface area (Å²) in [6, 6.07) is 5.02. The maximum absolute atomic E-state index is 12.0. The maximum Gasteiger partial charge on any atom is 0.238 e. The number of hydrogen-bond donors (Lipinski definition) is 1. The Hall–Kier alpha value is -0.770. The van der Waals surface area contributed by atoms with Crippen LogP contribution in [-0.2, 0) is 4.79 Å². The molecule has 0 spiro atoms. The minimum Gasteiger partial charge on any atom is -0.325 e. The van der Waals surface area contributed by atoms with Gasteiger partial charge in [-0.1, -0.05) is 37.0 Å². The van der Waals surface area contributed by atoms with Crippen molar-refractivity contribution in [2.24, 2.45) is 0 Å². The summed E-state index contributed by atoms with van der Waals surface area (Å²) in [6.45, 7) is 6.47. The van der Waals surface area contributed by atoms with E-state index in [0.717, 1.165) is 25.9 Å². The van der Waals surface area contributed by atoms with E-state index >= 15 is 0 Å². The first kappa shape index (κ1) is 16.3. The number of halogens is 2. The van der Waals surface area contributed by atoms with Crippen molar-refractivity contribution in [2.45, 2.75) is 26.7 Å². The van der Waals surface area contributed by atoms with E-state index in [4.69, 9.17) is 23.2 Å². The molecule has 0 aliphatic carbocycles. The Bertz CT molecular complexity index is 398. The van der Waals surface area contributed by atoms with Crippen molar-refractivity contribution >= 4 is 34.8 Å². The van der Waals surface area contributed by atoms with Gasteiger partial charge in [0.1, 0.15) is 0 Å². The summed E-state index contributed by atoms with van der Waals surface area (Å²) in [4.78, 5) is 14.1. The molecule has 0 aromatic heterocycles. The van der Waals surface area contributed by atoms with Crippen LogP contribution in [0.4, 0.5) is 5.69 Å². The molecule has 0 aliphatic heterocycles. The van der Waals surface area contributed by atoms with E-state index < -0.39 is 0 Å². The summed E-state index contributed by atoms with van der Waals surface area (Å²) >= 11 is 11.8. The van der Waals surface area contributed by atoms with Gasteiger partial charge in [0.15, 0.2) is 0 Å². The van der Waals surface area contributed by atoms with Gasteiger partial charge in [0.05, 0.1) is 6.54 Å². The fraction of sp³-hybridized carbons (Fsp3) is 0.500. The van der Waals surface area contributed by atoms with Crippen LogP contribution in [0.5, 0.6) is 0 Å². The highest BCUT2D eigenvalue weighted by Gasteiger charge is 2.10. The lowest BCUT2D eigenvalue weighted by molar-refractivity contribution is -0.117. The third-order valence-corrected chi connectivity index (χ3v) is 3.03. The van der Waals surface area contributed by atoms with E-state index in [2.05, 4.69) is 24.1 Å². The van der Waals surface area contributed by atoms with Crippen LogP contribution in [0.3, 0.4) is 0 Å². The highest BCUT2D eigenvalue weighted by Crippen LogP contribution is 2.22. The highest BCUT2D eigenvalue weighted by atomic mass is 35.5. The zero-order chi connectivity index (χ0) is 14.3. The molecule has 0 fully saturated rings. The number of rotatable bonds is 7. The van der Waals surface area contributed by atoms with Gasteiger partial charge >= 0.3 is 0 Å². The zero-order valence-corrected chi connectivity index (χ0v) is 12.9. The summed E-state index contributed by atoms with van der Waals surface area (Å²) in [5, 5.41) is 3.85. The van der Waals surface area contributed by atoms with Crippen LogP contribution >= 0.6 is 23.2 Å². The lowest BCUT2D eigenvalue weighted by Crippen LogP contribution is -2.34. The minimum absolute atomic E-state index is 0.0415. The topological polar surface area (TPSA) is 32.3 Å². The summed E-state index contributed by atoms with van der Waals surface area (Å²) < 4.78 is 0. The molecule has 1 aromatic rings. The highest BCUT2D eigenvalue weighted by molar-refractivity contribution is 6.35. The predicted molar refractivity (Wildman–Crippen MR) is 82.1 cm³/mol. The van der Waals surface area contributed by atoms with E-state index in [1.165, 1.54) is 0 Å². The molecular weight excluding hydrogens is 283 g/mol. The Kier molecular flexibility index (Phi) is 7.21. The van der Waals surface area contributed by atoms with Crippen molar-refractivity contribution in [3.8, 4) is 0 Å². The number of nitrogens with zero attached hydrogens (tertiary/aromatic N) is 1. The molecule has 3 nitrogen and oxygen atoms in total. The monoisotopic (exact) mass is 302 g/mol. The molecular formula is C14H20Cl2N2O. The van der Waals surface area contributed by atoms with Crippen molar-refractivity contribution in [3.05, 3.63) is 28.2 Å². The SMILES string of the molecule is CCCN(CCC)CC(=O)Nc1cc(Cl)cc(Cl)c1. The lowest BCUT2D eigenvalue weighted by atomic mass is 10.3. The number of hydrogen-bond acceptors (Lipinski definition) is 2. The van der Waals surface area contributed by atoms with Crippen molar-refractivity contribution in [3.63, 3.8) is 0 Å². The molecule has 1 amide bonds. The average molecular weight is 303 g/mol. The molecule has 0 aliphatic rings. The molecule has 19 heavy (non-hydrogen) atoms. The normalized spacial score (nSPS) is 10.8. The zero-order valence-electron chi connectivity index (χ0n) is 11.4. The Morgan fingerprint density at radius 1 is 1.11 bits per heavy atom. The van der Waals surface area contributed by atoms with Crippen molar-refractivity contribution < 1.29 is 4.79 Å². The smallest absolute Gasteiger partial charge is 0.238 e. The molecule has 0 radical (unpaired) electrons. The Morgan fingerprint density at radius 2 is 1.63 bits per heavy atom. The van der Waals surface area contributed by atoms with Crippen LogP contribution in [0.1, 0.15) is 26.7 Å². The van der Waals surface area contributed by atoms with E-state index in [9.17, 15) is 4.79 Å². The molecule has 1 rings (SSSR count). The second-order valence-corrected chi connectivity index (χ2v) is 5.36.